The fraction of sp³-hybridized carbons (Fsp3) is 0.182. The van der Waals surface area contributed by atoms with Crippen LogP contribution >= 0.6 is 23.2 Å². The number of rotatable bonds is 4. The van der Waals surface area contributed by atoms with E-state index in [4.69, 9.17) is 23.2 Å². The van der Waals surface area contributed by atoms with Crippen molar-refractivity contribution in [2.24, 2.45) is 5.10 Å². The second-order valence-corrected chi connectivity index (χ2v) is 7.57. The molecular formula is C22H21Cl2N3O. The number of carbonyl (C=O) groups is 1. The molecule has 0 atom stereocenters. The number of hydrogen-bond acceptors (Lipinski definition) is 2. The molecular weight excluding hydrogens is 393 g/mol. The van der Waals surface area contributed by atoms with E-state index in [0.29, 0.717) is 15.6 Å². The second kappa shape index (κ2) is 8.21. The van der Waals surface area contributed by atoms with Gasteiger partial charge in [-0.2, -0.15) is 5.10 Å². The first-order chi connectivity index (χ1) is 13.3. The molecule has 2 aromatic carbocycles. The first-order valence-electron chi connectivity index (χ1n) is 8.83. The number of hydrazone groups is 1. The highest BCUT2D eigenvalue weighted by molar-refractivity contribution is 6.42. The molecule has 0 radical (unpaired) electrons. The third-order valence-electron chi connectivity index (χ3n) is 4.77. The van der Waals surface area contributed by atoms with Gasteiger partial charge in [0.05, 0.1) is 16.3 Å². The molecule has 28 heavy (non-hydrogen) atoms. The summed E-state index contributed by atoms with van der Waals surface area (Å²) in [6.45, 7) is 8.29. The minimum absolute atomic E-state index is 0.329. The molecule has 0 aliphatic heterocycles. The van der Waals surface area contributed by atoms with Gasteiger partial charge in [0.2, 0.25) is 0 Å². The van der Waals surface area contributed by atoms with E-state index in [1.165, 1.54) is 17.2 Å². The van der Waals surface area contributed by atoms with Crippen LogP contribution in [0.5, 0.6) is 0 Å². The maximum Gasteiger partial charge on any atom is 0.271 e. The molecule has 1 amide bonds. The Bertz CT molecular complexity index is 1080. The summed E-state index contributed by atoms with van der Waals surface area (Å²) in [5.41, 5.74) is 9.62. The summed E-state index contributed by atoms with van der Waals surface area (Å²) in [7, 11) is 0. The molecule has 6 heteroatoms. The van der Waals surface area contributed by atoms with E-state index in [2.05, 4.69) is 47.1 Å². The van der Waals surface area contributed by atoms with Crippen molar-refractivity contribution >= 4 is 35.3 Å². The van der Waals surface area contributed by atoms with E-state index >= 15 is 0 Å². The molecule has 0 spiro atoms. The normalized spacial score (nSPS) is 11.2. The summed E-state index contributed by atoms with van der Waals surface area (Å²) in [6.07, 6.45) is 1.65. The molecule has 3 rings (SSSR count). The number of halogens is 2. The molecule has 0 bridgehead atoms. The lowest BCUT2D eigenvalue weighted by atomic mass is 10.1. The van der Waals surface area contributed by atoms with Gasteiger partial charge in [0, 0.05) is 28.2 Å². The van der Waals surface area contributed by atoms with Gasteiger partial charge < -0.3 is 4.57 Å². The lowest BCUT2D eigenvalue weighted by Gasteiger charge is -2.11. The van der Waals surface area contributed by atoms with Crippen molar-refractivity contribution in [2.45, 2.75) is 27.7 Å². The average molecular weight is 414 g/mol. The van der Waals surface area contributed by atoms with Crippen LogP contribution in [0.25, 0.3) is 5.69 Å². The summed E-state index contributed by atoms with van der Waals surface area (Å²) in [5.74, 6) is -0.349. The van der Waals surface area contributed by atoms with Gasteiger partial charge in [-0.1, -0.05) is 29.3 Å². The van der Waals surface area contributed by atoms with Gasteiger partial charge >= 0.3 is 0 Å². The van der Waals surface area contributed by atoms with Crippen molar-refractivity contribution in [3.05, 3.63) is 86.2 Å². The van der Waals surface area contributed by atoms with Crippen LogP contribution in [0.4, 0.5) is 0 Å². The van der Waals surface area contributed by atoms with Crippen molar-refractivity contribution in [3.8, 4) is 5.69 Å². The van der Waals surface area contributed by atoms with Crippen LogP contribution in [0.15, 0.2) is 47.6 Å². The van der Waals surface area contributed by atoms with Gasteiger partial charge in [-0.15, -0.1) is 0 Å². The SMILES string of the molecule is Cc1ccc(-n2c(C)cc(/C=N\NC(=O)c3ccc(Cl)c(Cl)c3)c2C)cc1C. The Morgan fingerprint density at radius 3 is 2.39 bits per heavy atom. The maximum absolute atomic E-state index is 12.2. The molecule has 0 fully saturated rings. The first-order valence-corrected chi connectivity index (χ1v) is 9.58. The molecule has 1 aromatic heterocycles. The first kappa shape index (κ1) is 20.2. The monoisotopic (exact) mass is 413 g/mol. The van der Waals surface area contributed by atoms with Gasteiger partial charge in [0.1, 0.15) is 0 Å². The third-order valence-corrected chi connectivity index (χ3v) is 5.51. The summed E-state index contributed by atoms with van der Waals surface area (Å²) in [5, 5.41) is 4.83. The van der Waals surface area contributed by atoms with E-state index in [1.54, 1.807) is 18.3 Å². The van der Waals surface area contributed by atoms with E-state index in [9.17, 15) is 4.79 Å². The number of aryl methyl sites for hydroxylation is 3. The molecule has 1 N–H and O–H groups in total. The number of amides is 1. The number of nitrogens with zero attached hydrogens (tertiary/aromatic N) is 2. The number of nitrogens with one attached hydrogen (secondary N) is 1. The van der Waals surface area contributed by atoms with Crippen molar-refractivity contribution in [1.29, 1.82) is 0 Å². The molecule has 0 unspecified atom stereocenters. The molecule has 0 aliphatic carbocycles. The molecule has 0 saturated heterocycles. The van der Waals surface area contributed by atoms with Crippen LogP contribution in [-0.2, 0) is 0 Å². The predicted molar refractivity (Wildman–Crippen MR) is 116 cm³/mol. The Balaban J connectivity index is 1.80. The van der Waals surface area contributed by atoms with Crippen LogP contribution in [-0.4, -0.2) is 16.7 Å². The summed E-state index contributed by atoms with van der Waals surface area (Å²) < 4.78 is 2.18. The number of benzene rings is 2. The third kappa shape index (κ3) is 4.13. The van der Waals surface area contributed by atoms with Crippen molar-refractivity contribution in [1.82, 2.24) is 9.99 Å². The zero-order valence-electron chi connectivity index (χ0n) is 16.2. The van der Waals surface area contributed by atoms with Gasteiger partial charge in [-0.05, 0) is 75.2 Å². The summed E-state index contributed by atoms with van der Waals surface area (Å²) >= 11 is 11.8. The highest BCUT2D eigenvalue weighted by Gasteiger charge is 2.11. The molecule has 144 valence electrons. The van der Waals surface area contributed by atoms with E-state index in [-0.39, 0.29) is 5.91 Å². The van der Waals surface area contributed by atoms with E-state index in [0.717, 1.165) is 22.6 Å². The summed E-state index contributed by atoms with van der Waals surface area (Å²) in [4.78, 5) is 12.2. The molecule has 0 aliphatic rings. The Kier molecular flexibility index (Phi) is 5.92. The standard InChI is InChI=1S/C22H21Cl2N3O/c1-13-5-7-19(9-14(13)2)27-15(3)10-18(16(27)4)12-25-26-22(28)17-6-8-20(23)21(24)11-17/h5-12H,1-4H3,(H,26,28)/b25-12-. The predicted octanol–water partition coefficient (Wildman–Crippen LogP) is 5.78. The molecule has 4 nitrogen and oxygen atoms in total. The van der Waals surface area contributed by atoms with Crippen LogP contribution in [0.3, 0.4) is 0 Å². The number of hydrogen-bond donors (Lipinski definition) is 1. The highest BCUT2D eigenvalue weighted by Crippen LogP contribution is 2.23. The molecule has 3 aromatic rings. The quantitative estimate of drug-likeness (QED) is 0.427. The van der Waals surface area contributed by atoms with Gasteiger partial charge in [-0.25, -0.2) is 5.43 Å². The van der Waals surface area contributed by atoms with Crippen LogP contribution in [0, 0.1) is 27.7 Å². The fourth-order valence-electron chi connectivity index (χ4n) is 3.04. The minimum Gasteiger partial charge on any atom is -0.318 e. The largest absolute Gasteiger partial charge is 0.318 e. The zero-order valence-corrected chi connectivity index (χ0v) is 17.7. The van der Waals surface area contributed by atoms with Crippen LogP contribution in [0.2, 0.25) is 10.0 Å². The highest BCUT2D eigenvalue weighted by atomic mass is 35.5. The second-order valence-electron chi connectivity index (χ2n) is 6.76. The van der Waals surface area contributed by atoms with Crippen LogP contribution < -0.4 is 5.43 Å². The maximum atomic E-state index is 12.2. The van der Waals surface area contributed by atoms with E-state index < -0.39 is 0 Å². The number of aromatic nitrogens is 1. The zero-order chi connectivity index (χ0) is 20.4. The average Bonchev–Trinajstić information content (AvgIpc) is 2.93. The Morgan fingerprint density at radius 2 is 1.71 bits per heavy atom. The van der Waals surface area contributed by atoms with Crippen molar-refractivity contribution in [3.63, 3.8) is 0 Å². The van der Waals surface area contributed by atoms with Crippen molar-refractivity contribution < 1.29 is 4.79 Å². The van der Waals surface area contributed by atoms with Gasteiger partial charge in [-0.3, -0.25) is 4.79 Å². The fourth-order valence-corrected chi connectivity index (χ4v) is 3.34. The molecule has 1 heterocycles. The van der Waals surface area contributed by atoms with Gasteiger partial charge in [0.15, 0.2) is 0 Å². The summed E-state index contributed by atoms with van der Waals surface area (Å²) in [6, 6.07) is 13.1. The Labute approximate surface area is 174 Å². The molecule has 0 saturated carbocycles. The smallest absolute Gasteiger partial charge is 0.271 e. The van der Waals surface area contributed by atoms with Gasteiger partial charge in [0.25, 0.3) is 5.91 Å². The van der Waals surface area contributed by atoms with E-state index in [1.807, 2.05) is 19.9 Å². The minimum atomic E-state index is -0.349. The topological polar surface area (TPSA) is 46.4 Å². The van der Waals surface area contributed by atoms with Crippen molar-refractivity contribution in [2.75, 3.05) is 0 Å². The number of carbonyl (C=O) groups excluding carboxylic acids is 1. The lowest BCUT2D eigenvalue weighted by Crippen LogP contribution is -2.17. The Hall–Kier alpha value is -2.56. The Morgan fingerprint density at radius 1 is 0.964 bits per heavy atom. The lowest BCUT2D eigenvalue weighted by molar-refractivity contribution is 0.0955. The van der Waals surface area contributed by atoms with Crippen LogP contribution in [0.1, 0.15) is 38.4 Å².